The molecule has 2 N–H and O–H groups in total. The van der Waals surface area contributed by atoms with E-state index >= 15 is 0 Å². The minimum absolute atomic E-state index is 0.121. The Morgan fingerprint density at radius 2 is 1.63 bits per heavy atom. The Bertz CT molecular complexity index is 1270. The number of nitrogens with zero attached hydrogens (tertiary/aromatic N) is 2. The maximum atomic E-state index is 12.5. The van der Waals surface area contributed by atoms with Crippen LogP contribution in [-0.2, 0) is 4.79 Å². The molecule has 0 unspecified atom stereocenters. The van der Waals surface area contributed by atoms with Gasteiger partial charge in [-0.25, -0.2) is 4.98 Å². The highest BCUT2D eigenvalue weighted by atomic mass is 16.2. The first-order chi connectivity index (χ1) is 17.0. The largest absolute Gasteiger partial charge is 0.337 e. The molecule has 2 aromatic carbocycles. The minimum Gasteiger partial charge on any atom is -0.337 e. The number of fused-ring (bicyclic) bond motifs is 1. The summed E-state index contributed by atoms with van der Waals surface area (Å²) in [5.74, 6) is 1.25. The van der Waals surface area contributed by atoms with Crippen molar-refractivity contribution >= 4 is 28.4 Å². The molecule has 35 heavy (non-hydrogen) atoms. The van der Waals surface area contributed by atoms with Crippen LogP contribution in [0.5, 0.6) is 0 Å². The summed E-state index contributed by atoms with van der Waals surface area (Å²) in [6.07, 6.45) is 8.67. The quantitative estimate of drug-likeness (QED) is 0.257. The van der Waals surface area contributed by atoms with Crippen molar-refractivity contribution in [1.82, 2.24) is 15.0 Å². The Balaban J connectivity index is 0.000000271. The third-order valence-corrected chi connectivity index (χ3v) is 6.34. The number of anilines is 1. The molecule has 1 aliphatic carbocycles. The van der Waals surface area contributed by atoms with Gasteiger partial charge in [0, 0.05) is 28.4 Å². The second-order valence-corrected chi connectivity index (χ2v) is 9.11. The number of pyridine rings is 1. The topological polar surface area (TPSA) is 87.7 Å². The van der Waals surface area contributed by atoms with Crippen molar-refractivity contribution in [2.45, 2.75) is 52.4 Å². The first kappa shape index (κ1) is 24.3. The molecule has 0 atom stereocenters. The van der Waals surface area contributed by atoms with Gasteiger partial charge in [-0.2, -0.15) is 0 Å². The van der Waals surface area contributed by atoms with Crippen molar-refractivity contribution < 1.29 is 9.59 Å². The van der Waals surface area contributed by atoms with E-state index in [9.17, 15) is 9.59 Å². The van der Waals surface area contributed by atoms with E-state index in [4.69, 9.17) is 0 Å². The van der Waals surface area contributed by atoms with Crippen molar-refractivity contribution in [3.05, 3.63) is 78.1 Å². The van der Waals surface area contributed by atoms with Crippen LogP contribution < -0.4 is 5.32 Å². The van der Waals surface area contributed by atoms with Gasteiger partial charge < -0.3 is 10.3 Å². The fourth-order valence-corrected chi connectivity index (χ4v) is 4.32. The summed E-state index contributed by atoms with van der Waals surface area (Å²) in [4.78, 5) is 35.4. The highest BCUT2D eigenvalue weighted by Gasteiger charge is 2.20. The summed E-state index contributed by atoms with van der Waals surface area (Å²) in [6, 6.07) is 19.1. The van der Waals surface area contributed by atoms with Crippen LogP contribution in [0.3, 0.4) is 0 Å². The summed E-state index contributed by atoms with van der Waals surface area (Å²) in [7, 11) is 0. The molecule has 1 saturated carbocycles. The van der Waals surface area contributed by atoms with Gasteiger partial charge in [0.15, 0.2) is 5.78 Å². The second kappa shape index (κ2) is 11.6. The Kier molecular flexibility index (Phi) is 8.03. The number of rotatable bonds is 4. The standard InChI is InChI=1S/C21H24N4O.C8H8O/c1-14-12-18-19(13-22-14)25-20(24-18)15-8-10-17(11-9-15)23-21(26)16-6-4-2-3-5-7-16;1-7(9)8-5-3-2-4-6-8/h8-13,16H,2-7H2,1H3,(H,23,26)(H,24,25);2-6H,1H3. The molecule has 5 rings (SSSR count). The number of carbonyl (C=O) groups is 2. The number of carbonyl (C=O) groups excluding carboxylic acids is 2. The highest BCUT2D eigenvalue weighted by molar-refractivity contribution is 5.94. The SMILES string of the molecule is CC(=O)c1ccccc1.Cc1cc2nc(-c3ccc(NC(=O)C4CCCCCC4)cc3)[nH]c2cn1. The summed E-state index contributed by atoms with van der Waals surface area (Å²) in [5.41, 5.74) is 5.40. The third-order valence-electron chi connectivity index (χ3n) is 6.34. The van der Waals surface area contributed by atoms with Crippen molar-refractivity contribution in [2.24, 2.45) is 5.92 Å². The number of imidazole rings is 1. The Hall–Kier alpha value is -3.80. The van der Waals surface area contributed by atoms with E-state index < -0.39 is 0 Å². The third kappa shape index (κ3) is 6.63. The van der Waals surface area contributed by atoms with E-state index in [0.29, 0.717) is 0 Å². The molecular weight excluding hydrogens is 436 g/mol. The van der Waals surface area contributed by atoms with Crippen LogP contribution in [0.1, 0.15) is 61.5 Å². The minimum atomic E-state index is 0.121. The lowest BCUT2D eigenvalue weighted by molar-refractivity contribution is -0.120. The predicted octanol–water partition coefficient (Wildman–Crippen LogP) is 6.73. The molecule has 0 saturated heterocycles. The number of benzene rings is 2. The average Bonchev–Trinajstić information content (AvgIpc) is 3.09. The Morgan fingerprint density at radius 1 is 0.943 bits per heavy atom. The first-order valence-corrected chi connectivity index (χ1v) is 12.3. The van der Waals surface area contributed by atoms with E-state index in [1.807, 2.05) is 73.8 Å². The number of amides is 1. The van der Waals surface area contributed by atoms with Crippen molar-refractivity contribution in [2.75, 3.05) is 5.32 Å². The Labute approximate surface area is 206 Å². The number of hydrogen-bond donors (Lipinski definition) is 2. The van der Waals surface area contributed by atoms with E-state index in [1.165, 1.54) is 12.8 Å². The lowest BCUT2D eigenvalue weighted by Crippen LogP contribution is -2.22. The summed E-state index contributed by atoms with van der Waals surface area (Å²) >= 11 is 0. The monoisotopic (exact) mass is 468 g/mol. The molecule has 2 heterocycles. The molecule has 0 bridgehead atoms. The van der Waals surface area contributed by atoms with E-state index in [-0.39, 0.29) is 17.6 Å². The number of H-pyrrole nitrogens is 1. The number of hydrogen-bond acceptors (Lipinski definition) is 4. The molecule has 6 heteroatoms. The van der Waals surface area contributed by atoms with Gasteiger partial charge >= 0.3 is 0 Å². The van der Waals surface area contributed by atoms with Crippen molar-refractivity contribution in [3.63, 3.8) is 0 Å². The van der Waals surface area contributed by atoms with Crippen LogP contribution in [0.2, 0.25) is 0 Å². The van der Waals surface area contributed by atoms with Gasteiger partial charge in [-0.05, 0) is 57.0 Å². The molecule has 2 aromatic heterocycles. The van der Waals surface area contributed by atoms with E-state index in [0.717, 1.165) is 65.0 Å². The van der Waals surface area contributed by atoms with Crippen LogP contribution in [0.4, 0.5) is 5.69 Å². The normalized spacial score (nSPS) is 14.0. The van der Waals surface area contributed by atoms with Gasteiger partial charge in [0.1, 0.15) is 5.82 Å². The fraction of sp³-hybridized carbons (Fsp3) is 0.310. The van der Waals surface area contributed by atoms with Crippen LogP contribution in [0.25, 0.3) is 22.4 Å². The van der Waals surface area contributed by atoms with Crippen LogP contribution in [0.15, 0.2) is 66.9 Å². The van der Waals surface area contributed by atoms with Crippen LogP contribution >= 0.6 is 0 Å². The zero-order valence-electron chi connectivity index (χ0n) is 20.4. The number of ketones is 1. The second-order valence-electron chi connectivity index (χ2n) is 9.11. The Morgan fingerprint density at radius 3 is 2.26 bits per heavy atom. The molecule has 6 nitrogen and oxygen atoms in total. The number of Topliss-reactive ketones (excluding diaryl/α,β-unsaturated/α-hetero) is 1. The zero-order chi connectivity index (χ0) is 24.6. The highest BCUT2D eigenvalue weighted by Crippen LogP contribution is 2.25. The van der Waals surface area contributed by atoms with Gasteiger partial charge in [0.05, 0.1) is 17.2 Å². The summed E-state index contributed by atoms with van der Waals surface area (Å²) < 4.78 is 0. The van der Waals surface area contributed by atoms with Crippen molar-refractivity contribution in [1.29, 1.82) is 0 Å². The maximum Gasteiger partial charge on any atom is 0.227 e. The average molecular weight is 469 g/mol. The first-order valence-electron chi connectivity index (χ1n) is 12.3. The van der Waals surface area contributed by atoms with Gasteiger partial charge in [-0.1, -0.05) is 56.0 Å². The molecule has 1 fully saturated rings. The van der Waals surface area contributed by atoms with Gasteiger partial charge in [0.2, 0.25) is 5.91 Å². The molecule has 180 valence electrons. The summed E-state index contributed by atoms with van der Waals surface area (Å²) in [6.45, 7) is 3.52. The molecule has 0 aliphatic heterocycles. The predicted molar refractivity (Wildman–Crippen MR) is 140 cm³/mol. The zero-order valence-corrected chi connectivity index (χ0v) is 20.4. The molecular formula is C29H32N4O2. The van der Waals surface area contributed by atoms with Gasteiger partial charge in [-0.3, -0.25) is 14.6 Å². The number of nitrogens with one attached hydrogen (secondary N) is 2. The molecule has 1 aliphatic rings. The van der Waals surface area contributed by atoms with Crippen LogP contribution in [0, 0.1) is 12.8 Å². The number of aryl methyl sites for hydroxylation is 1. The summed E-state index contributed by atoms with van der Waals surface area (Å²) in [5, 5.41) is 3.07. The number of aromatic nitrogens is 3. The smallest absolute Gasteiger partial charge is 0.227 e. The van der Waals surface area contributed by atoms with Crippen molar-refractivity contribution in [3.8, 4) is 11.4 Å². The molecule has 0 spiro atoms. The molecule has 1 amide bonds. The maximum absolute atomic E-state index is 12.5. The fourth-order valence-electron chi connectivity index (χ4n) is 4.32. The van der Waals surface area contributed by atoms with E-state index in [2.05, 4.69) is 20.3 Å². The lowest BCUT2D eigenvalue weighted by Gasteiger charge is -2.14. The van der Waals surface area contributed by atoms with Crippen LogP contribution in [-0.4, -0.2) is 26.6 Å². The molecule has 0 radical (unpaired) electrons. The van der Waals surface area contributed by atoms with Gasteiger partial charge in [0.25, 0.3) is 0 Å². The lowest BCUT2D eigenvalue weighted by atomic mass is 9.99. The van der Waals surface area contributed by atoms with Gasteiger partial charge in [-0.15, -0.1) is 0 Å². The molecule has 4 aromatic rings. The van der Waals surface area contributed by atoms with E-state index in [1.54, 1.807) is 6.92 Å². The number of aromatic amines is 1.